The van der Waals surface area contributed by atoms with Gasteiger partial charge >= 0.3 is 0 Å². The van der Waals surface area contributed by atoms with Gasteiger partial charge in [0.1, 0.15) is 6.10 Å². The molecule has 2 unspecified atom stereocenters. The van der Waals surface area contributed by atoms with Crippen LogP contribution in [0.1, 0.15) is 11.7 Å². The molecule has 0 radical (unpaired) electrons. The van der Waals surface area contributed by atoms with Crippen LogP contribution in [0.15, 0.2) is 17.3 Å². The Bertz CT molecular complexity index is 389. The zero-order chi connectivity index (χ0) is 10.7. The molecule has 7 nitrogen and oxygen atoms in total. The quantitative estimate of drug-likeness (QED) is 0.433. The smallest absolute Gasteiger partial charge is 0.256 e. The lowest BCUT2D eigenvalue weighted by Gasteiger charge is -2.13. The summed E-state index contributed by atoms with van der Waals surface area (Å²) in [5, 5.41) is 18.4. The van der Waals surface area contributed by atoms with E-state index in [9.17, 15) is 14.7 Å². The molecule has 0 saturated heterocycles. The Balaban J connectivity index is 3.01. The van der Waals surface area contributed by atoms with E-state index in [2.05, 4.69) is 9.97 Å². The summed E-state index contributed by atoms with van der Waals surface area (Å²) in [7, 11) is 0. The molecule has 1 aromatic rings. The van der Waals surface area contributed by atoms with Gasteiger partial charge in [0.05, 0.1) is 11.9 Å². The number of carbonyl (C=O) groups is 1. The normalized spacial score (nSPS) is 14.7. The summed E-state index contributed by atoms with van der Waals surface area (Å²) in [6.45, 7) is 0. The van der Waals surface area contributed by atoms with Gasteiger partial charge in [0.2, 0.25) is 5.91 Å². The van der Waals surface area contributed by atoms with Crippen molar-refractivity contribution >= 4 is 5.91 Å². The zero-order valence-electron chi connectivity index (χ0n) is 7.04. The molecule has 2 atom stereocenters. The number of rotatable bonds is 3. The van der Waals surface area contributed by atoms with Gasteiger partial charge in [-0.25, -0.2) is 4.98 Å². The van der Waals surface area contributed by atoms with E-state index in [0.717, 1.165) is 12.5 Å². The zero-order valence-corrected chi connectivity index (χ0v) is 7.04. The molecular formula is C7H9N3O4. The molecule has 0 bridgehead atoms. The number of hydrogen-bond acceptors (Lipinski definition) is 5. The average Bonchev–Trinajstić information content (AvgIpc) is 2.16. The monoisotopic (exact) mass is 199 g/mol. The van der Waals surface area contributed by atoms with E-state index >= 15 is 0 Å². The number of amides is 1. The summed E-state index contributed by atoms with van der Waals surface area (Å²) in [6, 6.07) is 0. The number of aromatic amines is 1. The van der Waals surface area contributed by atoms with Gasteiger partial charge in [0.25, 0.3) is 5.56 Å². The number of carbonyl (C=O) groups excluding carboxylic acids is 1. The first-order valence-electron chi connectivity index (χ1n) is 3.72. The van der Waals surface area contributed by atoms with E-state index in [1.54, 1.807) is 0 Å². The van der Waals surface area contributed by atoms with E-state index < -0.39 is 23.7 Å². The maximum atomic E-state index is 11.1. The number of aliphatic hydroxyl groups is 2. The fourth-order valence-corrected chi connectivity index (χ4v) is 0.892. The highest BCUT2D eigenvalue weighted by atomic mass is 16.3. The van der Waals surface area contributed by atoms with Crippen LogP contribution in [-0.4, -0.2) is 32.2 Å². The molecule has 1 amide bonds. The van der Waals surface area contributed by atoms with Crippen molar-refractivity contribution in [3.8, 4) is 0 Å². The average molecular weight is 199 g/mol. The van der Waals surface area contributed by atoms with Crippen LogP contribution in [0.2, 0.25) is 0 Å². The molecule has 0 aliphatic rings. The highest BCUT2D eigenvalue weighted by Crippen LogP contribution is 2.10. The van der Waals surface area contributed by atoms with Gasteiger partial charge < -0.3 is 20.9 Å². The van der Waals surface area contributed by atoms with Crippen LogP contribution in [0.5, 0.6) is 0 Å². The third-order valence-electron chi connectivity index (χ3n) is 1.66. The lowest BCUT2D eigenvalue weighted by molar-refractivity contribution is -0.132. The van der Waals surface area contributed by atoms with Crippen molar-refractivity contribution in [3.63, 3.8) is 0 Å². The van der Waals surface area contributed by atoms with Crippen LogP contribution < -0.4 is 11.3 Å². The summed E-state index contributed by atoms with van der Waals surface area (Å²) < 4.78 is 0. The highest BCUT2D eigenvalue weighted by Gasteiger charge is 2.25. The molecule has 0 aliphatic heterocycles. The summed E-state index contributed by atoms with van der Waals surface area (Å²) in [5.74, 6) is -1.11. The molecular weight excluding hydrogens is 190 g/mol. The number of aromatic nitrogens is 2. The summed E-state index contributed by atoms with van der Waals surface area (Å²) in [5.41, 5.74) is 3.90. The standard InChI is InChI=1S/C7H9N3O4/c8-6(13)5(12)4(11)3-1-9-2-10-7(3)14/h1-2,4-5,11-12H,(H2,8,13)(H,9,10,14). The number of primary amides is 1. The minimum absolute atomic E-state index is 0.209. The van der Waals surface area contributed by atoms with Crippen molar-refractivity contribution in [2.24, 2.45) is 5.73 Å². The summed E-state index contributed by atoms with van der Waals surface area (Å²) in [6.07, 6.45) is -1.31. The van der Waals surface area contributed by atoms with Gasteiger partial charge in [0.15, 0.2) is 6.10 Å². The molecule has 1 rings (SSSR count). The second-order valence-electron chi connectivity index (χ2n) is 2.63. The lowest BCUT2D eigenvalue weighted by atomic mass is 10.1. The van der Waals surface area contributed by atoms with Gasteiger partial charge in [-0.2, -0.15) is 0 Å². The molecule has 5 N–H and O–H groups in total. The number of nitrogens with one attached hydrogen (secondary N) is 1. The van der Waals surface area contributed by atoms with Crippen LogP contribution >= 0.6 is 0 Å². The van der Waals surface area contributed by atoms with Crippen molar-refractivity contribution in [3.05, 3.63) is 28.4 Å². The predicted molar refractivity (Wildman–Crippen MR) is 45.0 cm³/mol. The summed E-state index contributed by atoms with van der Waals surface area (Å²) >= 11 is 0. The van der Waals surface area contributed by atoms with Crippen LogP contribution in [0, 0.1) is 0 Å². The first kappa shape index (κ1) is 10.4. The van der Waals surface area contributed by atoms with Gasteiger partial charge in [0, 0.05) is 6.20 Å². The third kappa shape index (κ3) is 1.95. The fourth-order valence-electron chi connectivity index (χ4n) is 0.892. The van der Waals surface area contributed by atoms with E-state index in [4.69, 9.17) is 10.8 Å². The molecule has 7 heteroatoms. The fraction of sp³-hybridized carbons (Fsp3) is 0.286. The second kappa shape index (κ2) is 3.99. The molecule has 0 saturated carbocycles. The number of hydrogen-bond donors (Lipinski definition) is 4. The molecule has 1 heterocycles. The minimum Gasteiger partial charge on any atom is -0.385 e. The highest BCUT2D eigenvalue weighted by molar-refractivity contribution is 5.79. The van der Waals surface area contributed by atoms with Crippen LogP contribution in [-0.2, 0) is 4.79 Å². The largest absolute Gasteiger partial charge is 0.385 e. The maximum Gasteiger partial charge on any atom is 0.256 e. The number of nitrogens with two attached hydrogens (primary N) is 1. The van der Waals surface area contributed by atoms with E-state index in [0.29, 0.717) is 0 Å². The third-order valence-corrected chi connectivity index (χ3v) is 1.66. The van der Waals surface area contributed by atoms with Crippen molar-refractivity contribution < 1.29 is 15.0 Å². The second-order valence-corrected chi connectivity index (χ2v) is 2.63. The van der Waals surface area contributed by atoms with Crippen LogP contribution in [0.25, 0.3) is 0 Å². The lowest BCUT2D eigenvalue weighted by Crippen LogP contribution is -2.36. The first-order chi connectivity index (χ1) is 6.54. The molecule has 14 heavy (non-hydrogen) atoms. The molecule has 0 spiro atoms. The Morgan fingerprint density at radius 3 is 2.71 bits per heavy atom. The first-order valence-corrected chi connectivity index (χ1v) is 3.72. The van der Waals surface area contributed by atoms with Gasteiger partial charge in [-0.15, -0.1) is 0 Å². The Hall–Kier alpha value is -1.73. The minimum atomic E-state index is -1.82. The van der Waals surface area contributed by atoms with Crippen molar-refractivity contribution in [1.82, 2.24) is 9.97 Å². The van der Waals surface area contributed by atoms with Crippen molar-refractivity contribution in [2.75, 3.05) is 0 Å². The maximum absolute atomic E-state index is 11.1. The molecule has 76 valence electrons. The van der Waals surface area contributed by atoms with Crippen molar-refractivity contribution in [1.29, 1.82) is 0 Å². The van der Waals surface area contributed by atoms with Crippen LogP contribution in [0.4, 0.5) is 0 Å². The Kier molecular flexibility index (Phi) is 2.95. The Labute approximate surface area is 78.2 Å². The Morgan fingerprint density at radius 1 is 1.57 bits per heavy atom. The number of nitrogens with zero attached hydrogens (tertiary/aromatic N) is 1. The topological polar surface area (TPSA) is 129 Å². The molecule has 0 aliphatic carbocycles. The van der Waals surface area contributed by atoms with E-state index in [1.165, 1.54) is 0 Å². The summed E-state index contributed by atoms with van der Waals surface area (Å²) in [4.78, 5) is 27.3. The molecule has 0 fully saturated rings. The van der Waals surface area contributed by atoms with E-state index in [1.807, 2.05) is 0 Å². The molecule has 1 aromatic heterocycles. The Morgan fingerprint density at radius 2 is 2.21 bits per heavy atom. The van der Waals surface area contributed by atoms with E-state index in [-0.39, 0.29) is 5.56 Å². The SMILES string of the molecule is NC(=O)C(O)C(O)c1cnc[nH]c1=O. The van der Waals surface area contributed by atoms with Gasteiger partial charge in [-0.05, 0) is 0 Å². The number of H-pyrrole nitrogens is 1. The molecule has 0 aromatic carbocycles. The van der Waals surface area contributed by atoms with Gasteiger partial charge in [-0.1, -0.05) is 0 Å². The predicted octanol–water partition coefficient (Wildman–Crippen LogP) is -2.35. The van der Waals surface area contributed by atoms with Crippen molar-refractivity contribution in [2.45, 2.75) is 12.2 Å². The number of aliphatic hydroxyl groups excluding tert-OH is 2. The van der Waals surface area contributed by atoms with Crippen LogP contribution in [0.3, 0.4) is 0 Å². The van der Waals surface area contributed by atoms with Gasteiger partial charge in [-0.3, -0.25) is 9.59 Å².